The Morgan fingerprint density at radius 3 is 2.47 bits per heavy atom. The van der Waals surface area contributed by atoms with Crippen molar-refractivity contribution in [2.45, 2.75) is 39.8 Å². The molecule has 1 unspecified atom stereocenters. The van der Waals surface area contributed by atoms with Crippen LogP contribution in [0.2, 0.25) is 0 Å². The number of nitrogens with one attached hydrogen (secondary N) is 2. The van der Waals surface area contributed by atoms with Gasteiger partial charge in [0.05, 0.1) is 13.7 Å². The van der Waals surface area contributed by atoms with E-state index in [-0.39, 0.29) is 0 Å². The van der Waals surface area contributed by atoms with Crippen LogP contribution in [0.3, 0.4) is 0 Å². The van der Waals surface area contributed by atoms with Crippen molar-refractivity contribution >= 4 is 5.96 Å². The van der Waals surface area contributed by atoms with Gasteiger partial charge in [0.2, 0.25) is 0 Å². The van der Waals surface area contributed by atoms with Gasteiger partial charge in [-0.3, -0.25) is 4.90 Å². The minimum atomic E-state index is 0.473. The molecule has 1 aliphatic rings. The van der Waals surface area contributed by atoms with Gasteiger partial charge in [-0.2, -0.15) is 0 Å². The first-order valence-electron chi connectivity index (χ1n) is 11.4. The fourth-order valence-corrected chi connectivity index (χ4v) is 3.49. The number of likely N-dealkylation sites (N-methyl/N-ethyl adjacent to an activating group) is 1. The molecular weight excluding hydrogens is 378 g/mol. The monoisotopic (exact) mass is 419 g/mol. The van der Waals surface area contributed by atoms with E-state index in [2.05, 4.69) is 46.4 Å². The maximum Gasteiger partial charge on any atom is 0.191 e. The van der Waals surface area contributed by atoms with Crippen LogP contribution in [-0.2, 0) is 11.3 Å². The molecule has 1 fully saturated rings. The van der Waals surface area contributed by atoms with Gasteiger partial charge in [-0.05, 0) is 44.5 Å². The average Bonchev–Trinajstić information content (AvgIpc) is 2.80. The predicted molar refractivity (Wildman–Crippen MR) is 124 cm³/mol. The molecule has 1 aromatic rings. The lowest BCUT2D eigenvalue weighted by Crippen LogP contribution is -2.53. The van der Waals surface area contributed by atoms with Crippen molar-refractivity contribution in [3.05, 3.63) is 29.8 Å². The van der Waals surface area contributed by atoms with Crippen LogP contribution in [-0.4, -0.2) is 87.9 Å². The van der Waals surface area contributed by atoms with Crippen molar-refractivity contribution in [1.29, 1.82) is 0 Å². The molecule has 30 heavy (non-hydrogen) atoms. The van der Waals surface area contributed by atoms with Gasteiger partial charge in [0.1, 0.15) is 5.75 Å². The van der Waals surface area contributed by atoms with E-state index in [1.54, 1.807) is 7.11 Å². The van der Waals surface area contributed by atoms with Crippen molar-refractivity contribution in [3.63, 3.8) is 0 Å². The van der Waals surface area contributed by atoms with Gasteiger partial charge in [0, 0.05) is 58.5 Å². The smallest absolute Gasteiger partial charge is 0.191 e. The maximum atomic E-state index is 5.44. The zero-order valence-corrected chi connectivity index (χ0v) is 19.3. The summed E-state index contributed by atoms with van der Waals surface area (Å²) in [4.78, 5) is 9.87. The summed E-state index contributed by atoms with van der Waals surface area (Å²) in [5, 5.41) is 7.00. The number of methoxy groups -OCH3 is 1. The normalized spacial score (nSPS) is 17.0. The van der Waals surface area contributed by atoms with Crippen LogP contribution in [0.5, 0.6) is 5.75 Å². The second kappa shape index (κ2) is 14.2. The molecule has 0 bridgehead atoms. The second-order valence-electron chi connectivity index (χ2n) is 7.69. The molecule has 0 radical (unpaired) electrons. The molecule has 0 aromatic heterocycles. The third-order valence-electron chi connectivity index (χ3n) is 5.58. The van der Waals surface area contributed by atoms with Crippen molar-refractivity contribution in [3.8, 4) is 5.75 Å². The third-order valence-corrected chi connectivity index (χ3v) is 5.58. The molecule has 7 nitrogen and oxygen atoms in total. The number of rotatable bonds is 12. The summed E-state index contributed by atoms with van der Waals surface area (Å²) in [5.41, 5.74) is 1.16. The molecule has 2 N–H and O–H groups in total. The summed E-state index contributed by atoms with van der Waals surface area (Å²) in [6.45, 7) is 16.2. The van der Waals surface area contributed by atoms with Crippen molar-refractivity contribution in [2.75, 3.05) is 66.1 Å². The third kappa shape index (κ3) is 8.90. The van der Waals surface area contributed by atoms with Gasteiger partial charge in [-0.15, -0.1) is 0 Å². The number of benzene rings is 1. The van der Waals surface area contributed by atoms with Crippen LogP contribution in [0.15, 0.2) is 29.3 Å². The highest BCUT2D eigenvalue weighted by Gasteiger charge is 2.20. The van der Waals surface area contributed by atoms with Gasteiger partial charge in [-0.25, -0.2) is 4.99 Å². The Kier molecular flexibility index (Phi) is 11.6. The van der Waals surface area contributed by atoms with Crippen LogP contribution < -0.4 is 15.4 Å². The molecule has 0 saturated carbocycles. The van der Waals surface area contributed by atoms with Crippen LogP contribution in [0.4, 0.5) is 0 Å². The fraction of sp³-hybridized carbons (Fsp3) is 0.696. The van der Waals surface area contributed by atoms with E-state index < -0.39 is 0 Å². The molecular formula is C23H41N5O2. The molecule has 0 aliphatic carbocycles. The highest BCUT2D eigenvalue weighted by molar-refractivity contribution is 5.79. The quantitative estimate of drug-likeness (QED) is 0.308. The minimum absolute atomic E-state index is 0.473. The summed E-state index contributed by atoms with van der Waals surface area (Å²) in [6, 6.07) is 8.55. The number of ether oxygens (including phenoxy) is 2. The Balaban J connectivity index is 1.86. The SMILES string of the molecule is CCOCCCNC(=NCc1ccc(OC)cc1)NCC(C)N1CCN(CC)CC1. The Bertz CT molecular complexity index is 600. The fourth-order valence-electron chi connectivity index (χ4n) is 3.49. The van der Waals surface area contributed by atoms with Gasteiger partial charge in [0.15, 0.2) is 5.96 Å². The minimum Gasteiger partial charge on any atom is -0.497 e. The molecule has 1 aromatic carbocycles. The number of nitrogens with zero attached hydrogens (tertiary/aromatic N) is 3. The maximum absolute atomic E-state index is 5.44. The number of hydrogen-bond donors (Lipinski definition) is 2. The molecule has 1 atom stereocenters. The summed E-state index contributed by atoms with van der Waals surface area (Å²) in [5.74, 6) is 1.73. The molecule has 0 amide bonds. The number of hydrogen-bond acceptors (Lipinski definition) is 5. The zero-order chi connectivity index (χ0) is 21.6. The van der Waals surface area contributed by atoms with Crippen LogP contribution in [0, 0.1) is 0 Å². The summed E-state index contributed by atoms with van der Waals surface area (Å²) in [7, 11) is 1.69. The predicted octanol–water partition coefficient (Wildman–Crippen LogP) is 2.18. The first-order valence-corrected chi connectivity index (χ1v) is 11.4. The highest BCUT2D eigenvalue weighted by Crippen LogP contribution is 2.12. The molecule has 1 heterocycles. The molecule has 170 valence electrons. The van der Waals surface area contributed by atoms with Crippen LogP contribution in [0.1, 0.15) is 32.8 Å². The van der Waals surface area contributed by atoms with E-state index in [1.807, 2.05) is 19.1 Å². The average molecular weight is 420 g/mol. The van der Waals surface area contributed by atoms with E-state index in [0.717, 1.165) is 82.7 Å². The number of guanidine groups is 1. The van der Waals surface area contributed by atoms with E-state index >= 15 is 0 Å². The lowest BCUT2D eigenvalue weighted by Gasteiger charge is -2.37. The highest BCUT2D eigenvalue weighted by atomic mass is 16.5. The first-order chi connectivity index (χ1) is 14.7. The number of piperazine rings is 1. The Labute approximate surface area is 182 Å². The number of aliphatic imine (C=N–C) groups is 1. The zero-order valence-electron chi connectivity index (χ0n) is 19.3. The molecule has 2 rings (SSSR count). The van der Waals surface area contributed by atoms with E-state index in [9.17, 15) is 0 Å². The molecule has 7 heteroatoms. The summed E-state index contributed by atoms with van der Waals surface area (Å²) >= 11 is 0. The van der Waals surface area contributed by atoms with E-state index in [4.69, 9.17) is 14.5 Å². The van der Waals surface area contributed by atoms with Crippen LogP contribution >= 0.6 is 0 Å². The van der Waals surface area contributed by atoms with Gasteiger partial charge >= 0.3 is 0 Å². The standard InChI is InChI=1S/C23H41N5O2/c1-5-27-13-15-28(16-14-27)20(3)18-25-23(24-12-7-17-30-6-2)26-19-21-8-10-22(29-4)11-9-21/h8-11,20H,5-7,12-19H2,1-4H3,(H2,24,25,26). The lowest BCUT2D eigenvalue weighted by atomic mass is 10.2. The van der Waals surface area contributed by atoms with Gasteiger partial charge in [-0.1, -0.05) is 19.1 Å². The molecule has 1 saturated heterocycles. The summed E-state index contributed by atoms with van der Waals surface area (Å²) in [6.07, 6.45) is 0.964. The van der Waals surface area contributed by atoms with Crippen molar-refractivity contribution in [2.24, 2.45) is 4.99 Å². The van der Waals surface area contributed by atoms with E-state index in [0.29, 0.717) is 12.6 Å². The van der Waals surface area contributed by atoms with Crippen molar-refractivity contribution < 1.29 is 9.47 Å². The van der Waals surface area contributed by atoms with E-state index in [1.165, 1.54) is 0 Å². The molecule has 0 spiro atoms. The van der Waals surface area contributed by atoms with Gasteiger partial charge in [0.25, 0.3) is 0 Å². The topological polar surface area (TPSA) is 61.4 Å². The summed E-state index contributed by atoms with van der Waals surface area (Å²) < 4.78 is 10.7. The Morgan fingerprint density at radius 1 is 1.10 bits per heavy atom. The molecule has 1 aliphatic heterocycles. The largest absolute Gasteiger partial charge is 0.497 e. The first kappa shape index (κ1) is 24.4. The van der Waals surface area contributed by atoms with Crippen LogP contribution in [0.25, 0.3) is 0 Å². The lowest BCUT2D eigenvalue weighted by molar-refractivity contribution is 0.107. The Morgan fingerprint density at radius 2 is 1.83 bits per heavy atom. The second-order valence-corrected chi connectivity index (χ2v) is 7.69. The van der Waals surface area contributed by atoms with Gasteiger partial charge < -0.3 is 25.0 Å². The van der Waals surface area contributed by atoms with Crippen molar-refractivity contribution in [1.82, 2.24) is 20.4 Å². The Hall–Kier alpha value is -1.83.